The predicted molar refractivity (Wildman–Crippen MR) is 125 cm³/mol. The Hall–Kier alpha value is -3.22. The fourth-order valence-corrected chi connectivity index (χ4v) is 6.27. The van der Waals surface area contributed by atoms with Crippen molar-refractivity contribution in [1.82, 2.24) is 5.48 Å². The van der Waals surface area contributed by atoms with Gasteiger partial charge in [-0.15, -0.1) is 0 Å². The summed E-state index contributed by atoms with van der Waals surface area (Å²) in [5.74, 6) is 0.180. The number of benzene rings is 3. The van der Waals surface area contributed by atoms with Crippen molar-refractivity contribution in [3.8, 4) is 5.75 Å². The summed E-state index contributed by atoms with van der Waals surface area (Å²) >= 11 is 0. The molecule has 162 valence electrons. The second-order valence-corrected chi connectivity index (χ2v) is 10.2. The minimum atomic E-state index is -3.18. The summed E-state index contributed by atoms with van der Waals surface area (Å²) in [5.41, 5.74) is 3.55. The van der Waals surface area contributed by atoms with Crippen LogP contribution in [0.4, 0.5) is 0 Å². The van der Waals surface area contributed by atoms with E-state index in [4.69, 9.17) is 9.94 Å². The number of thiol groups is 1. The predicted octanol–water partition coefficient (Wildman–Crippen LogP) is 4.25. The van der Waals surface area contributed by atoms with Gasteiger partial charge in [-0.1, -0.05) is 70.6 Å². The van der Waals surface area contributed by atoms with Gasteiger partial charge >= 0.3 is 0 Å². The molecule has 0 bridgehead atoms. The monoisotopic (exact) mass is 437 g/mol. The third-order valence-corrected chi connectivity index (χ3v) is 8.31. The van der Waals surface area contributed by atoms with Gasteiger partial charge in [-0.25, -0.2) is 5.48 Å². The van der Waals surface area contributed by atoms with Crippen LogP contribution < -0.4 is 10.2 Å². The van der Waals surface area contributed by atoms with E-state index in [1.165, 1.54) is 0 Å². The van der Waals surface area contributed by atoms with Crippen LogP contribution in [0.2, 0.25) is 0 Å². The molecule has 0 radical (unpaired) electrons. The number of hydrogen-bond acceptors (Lipinski definition) is 4. The summed E-state index contributed by atoms with van der Waals surface area (Å²) in [4.78, 5) is 12.8. The van der Waals surface area contributed by atoms with Crippen molar-refractivity contribution >= 4 is 21.9 Å². The second kappa shape index (κ2) is 10.7. The average Bonchev–Trinajstić information content (AvgIpc) is 2.83. The molecular weight excluding hydrogens is 410 g/mol. The standard InChI is InChI=1S/C25H27NO4S/c1-30-22-14-12-20(13-15-22)16-17-31(29,23-10-6-3-7-11-23)24(19-25(27)26-28)18-21-8-4-2-5-9-21/h2-17,24,28,31H,18-19H2,1H3,(H,26,27). The van der Waals surface area contributed by atoms with E-state index in [0.717, 1.165) is 16.9 Å². The number of amides is 1. The van der Waals surface area contributed by atoms with Crippen LogP contribution >= 0.6 is 0 Å². The van der Waals surface area contributed by atoms with Crippen molar-refractivity contribution in [3.05, 3.63) is 101 Å². The largest absolute Gasteiger partial charge is 0.497 e. The Morgan fingerprint density at radius 2 is 1.61 bits per heavy atom. The Bertz CT molecular complexity index is 1050. The smallest absolute Gasteiger partial charge is 0.244 e. The Labute approximate surface area is 183 Å². The van der Waals surface area contributed by atoms with Crippen molar-refractivity contribution in [1.29, 1.82) is 0 Å². The molecule has 0 aromatic heterocycles. The normalized spacial score (nSPS) is 13.0. The SMILES string of the molecule is COc1ccc(C=C[SH](=O)(c2ccccc2)C(CC(=O)NO)Cc2ccccc2)cc1. The molecule has 1 unspecified atom stereocenters. The minimum absolute atomic E-state index is 0.0650. The first-order valence-corrected chi connectivity index (χ1v) is 11.8. The molecule has 0 aliphatic rings. The first kappa shape index (κ1) is 22.5. The Morgan fingerprint density at radius 3 is 2.19 bits per heavy atom. The van der Waals surface area contributed by atoms with E-state index in [2.05, 4.69) is 0 Å². The maximum Gasteiger partial charge on any atom is 0.244 e. The number of hydroxylamine groups is 1. The quantitative estimate of drug-likeness (QED) is 0.266. The molecule has 2 N–H and O–H groups in total. The van der Waals surface area contributed by atoms with Gasteiger partial charge in [0.1, 0.15) is 5.75 Å². The zero-order chi connectivity index (χ0) is 22.1. The molecule has 0 saturated carbocycles. The number of hydrogen-bond donors (Lipinski definition) is 3. The lowest BCUT2D eigenvalue weighted by molar-refractivity contribution is -0.129. The number of ether oxygens (including phenoxy) is 1. The van der Waals surface area contributed by atoms with Gasteiger partial charge in [-0.2, -0.15) is 0 Å². The second-order valence-electron chi connectivity index (χ2n) is 7.22. The maximum absolute atomic E-state index is 14.5. The molecule has 0 aliphatic carbocycles. The molecular formula is C25H27NO4S. The fourth-order valence-electron chi connectivity index (χ4n) is 3.48. The van der Waals surface area contributed by atoms with E-state index in [9.17, 15) is 9.00 Å². The molecule has 31 heavy (non-hydrogen) atoms. The lowest BCUT2D eigenvalue weighted by atomic mass is 10.1. The molecule has 5 nitrogen and oxygen atoms in total. The average molecular weight is 438 g/mol. The number of methoxy groups -OCH3 is 1. The molecule has 0 saturated heterocycles. The first-order valence-electron chi connectivity index (χ1n) is 10.0. The summed E-state index contributed by atoms with van der Waals surface area (Å²) < 4.78 is 19.7. The molecule has 3 rings (SSSR count). The highest BCUT2D eigenvalue weighted by Crippen LogP contribution is 2.31. The van der Waals surface area contributed by atoms with E-state index < -0.39 is 21.1 Å². The summed E-state index contributed by atoms with van der Waals surface area (Å²) in [5, 5.41) is 10.3. The van der Waals surface area contributed by atoms with Crippen molar-refractivity contribution < 1.29 is 18.9 Å². The van der Waals surface area contributed by atoms with Crippen LogP contribution in [0, 0.1) is 0 Å². The van der Waals surface area contributed by atoms with Crippen LogP contribution in [0.1, 0.15) is 17.5 Å². The van der Waals surface area contributed by atoms with E-state index in [1.807, 2.05) is 91.0 Å². The van der Waals surface area contributed by atoms with Gasteiger partial charge in [0.2, 0.25) is 5.91 Å². The molecule has 6 heteroatoms. The van der Waals surface area contributed by atoms with E-state index in [-0.39, 0.29) is 6.42 Å². The lowest BCUT2D eigenvalue weighted by Crippen LogP contribution is -2.34. The van der Waals surface area contributed by atoms with Gasteiger partial charge in [0.05, 0.1) is 7.11 Å². The van der Waals surface area contributed by atoms with Crippen molar-refractivity contribution in [2.45, 2.75) is 23.0 Å². The van der Waals surface area contributed by atoms with Crippen LogP contribution in [0.3, 0.4) is 0 Å². The van der Waals surface area contributed by atoms with Gasteiger partial charge in [0.25, 0.3) is 0 Å². The number of carbonyl (C=O) groups is 1. The fraction of sp³-hybridized carbons (Fsp3) is 0.160. The van der Waals surface area contributed by atoms with Crippen molar-refractivity contribution in [2.24, 2.45) is 0 Å². The van der Waals surface area contributed by atoms with Crippen molar-refractivity contribution in [3.63, 3.8) is 0 Å². The van der Waals surface area contributed by atoms with Crippen LogP contribution in [0.5, 0.6) is 5.75 Å². The molecule has 0 aliphatic heterocycles. The summed E-state index contributed by atoms with van der Waals surface area (Å²) in [7, 11) is -1.58. The lowest BCUT2D eigenvalue weighted by Gasteiger charge is -2.30. The van der Waals surface area contributed by atoms with Crippen LogP contribution in [0.25, 0.3) is 6.08 Å². The highest BCUT2D eigenvalue weighted by molar-refractivity contribution is 8.06. The van der Waals surface area contributed by atoms with Gasteiger partial charge in [-0.3, -0.25) is 14.2 Å². The minimum Gasteiger partial charge on any atom is -0.497 e. The van der Waals surface area contributed by atoms with Gasteiger partial charge < -0.3 is 4.74 Å². The summed E-state index contributed by atoms with van der Waals surface area (Å²) in [6, 6.07) is 26.3. The van der Waals surface area contributed by atoms with Crippen LogP contribution in [-0.4, -0.2) is 27.7 Å². The van der Waals surface area contributed by atoms with Gasteiger partial charge in [0, 0.05) is 16.6 Å². The summed E-state index contributed by atoms with van der Waals surface area (Å²) in [6.07, 6.45) is 2.19. The molecule has 1 amide bonds. The number of carbonyl (C=O) groups excluding carboxylic acids is 1. The molecule has 0 heterocycles. The van der Waals surface area contributed by atoms with E-state index >= 15 is 0 Å². The molecule has 0 spiro atoms. The highest BCUT2D eigenvalue weighted by Gasteiger charge is 2.29. The molecule has 1 atom stereocenters. The third-order valence-electron chi connectivity index (χ3n) is 5.17. The maximum atomic E-state index is 14.5. The van der Waals surface area contributed by atoms with Crippen LogP contribution in [-0.2, 0) is 21.1 Å². The Morgan fingerprint density at radius 1 is 1.00 bits per heavy atom. The first-order chi connectivity index (χ1) is 15.0. The van der Waals surface area contributed by atoms with Gasteiger partial charge in [-0.05, 0) is 53.3 Å². The zero-order valence-corrected chi connectivity index (χ0v) is 18.2. The Balaban J connectivity index is 2.03. The number of nitrogens with one attached hydrogen (secondary N) is 1. The molecule has 0 fully saturated rings. The van der Waals surface area contributed by atoms with Gasteiger partial charge in [0.15, 0.2) is 0 Å². The zero-order valence-electron chi connectivity index (χ0n) is 17.3. The van der Waals surface area contributed by atoms with E-state index in [1.54, 1.807) is 18.0 Å². The van der Waals surface area contributed by atoms with Crippen LogP contribution in [0.15, 0.2) is 95.2 Å². The Kier molecular flexibility index (Phi) is 7.76. The van der Waals surface area contributed by atoms with Crippen molar-refractivity contribution in [2.75, 3.05) is 7.11 Å². The molecule has 3 aromatic rings. The van der Waals surface area contributed by atoms with E-state index in [0.29, 0.717) is 11.3 Å². The molecule has 3 aromatic carbocycles. The topological polar surface area (TPSA) is 75.6 Å². The number of rotatable bonds is 9. The highest BCUT2D eigenvalue weighted by atomic mass is 32.2. The third kappa shape index (κ3) is 5.90. The summed E-state index contributed by atoms with van der Waals surface area (Å²) in [6.45, 7) is 0.